The average molecular weight is 299 g/mol. The first-order valence-corrected chi connectivity index (χ1v) is 6.74. The van der Waals surface area contributed by atoms with E-state index in [0.29, 0.717) is 23.1 Å². The highest BCUT2D eigenvalue weighted by molar-refractivity contribution is 7.12. The van der Waals surface area contributed by atoms with Crippen molar-refractivity contribution < 1.29 is 19.4 Å². The zero-order valence-electron chi connectivity index (χ0n) is 9.84. The normalized spacial score (nSPS) is 10.2. The number of carboxylic acid groups (broad SMARTS) is 1. The van der Waals surface area contributed by atoms with E-state index in [1.807, 2.05) is 0 Å². The molecule has 1 aromatic heterocycles. The zero-order valence-corrected chi connectivity index (χ0v) is 11.4. The highest BCUT2D eigenvalue weighted by atomic mass is 35.5. The summed E-state index contributed by atoms with van der Waals surface area (Å²) in [5.41, 5.74) is 0. The molecular formula is C13H11ClO4S. The van der Waals surface area contributed by atoms with E-state index < -0.39 is 5.97 Å². The molecule has 19 heavy (non-hydrogen) atoms. The predicted octanol–water partition coefficient (Wildman–Crippen LogP) is 3.56. The third kappa shape index (κ3) is 3.87. The summed E-state index contributed by atoms with van der Waals surface area (Å²) in [7, 11) is 0. The van der Waals surface area contributed by atoms with Gasteiger partial charge in [0.25, 0.3) is 0 Å². The molecule has 0 spiro atoms. The second kappa shape index (κ2) is 6.45. The van der Waals surface area contributed by atoms with Gasteiger partial charge in [0.2, 0.25) is 0 Å². The third-order valence-electron chi connectivity index (χ3n) is 2.25. The molecule has 0 fully saturated rings. The molecule has 1 heterocycles. The van der Waals surface area contributed by atoms with E-state index in [-0.39, 0.29) is 11.5 Å². The Labute approximate surface area is 119 Å². The van der Waals surface area contributed by atoms with E-state index in [1.54, 1.807) is 35.7 Å². The SMILES string of the molecule is O=C(O)c1sccc1OCCOc1ccc(Cl)cc1. The van der Waals surface area contributed by atoms with Crippen molar-refractivity contribution in [1.82, 2.24) is 0 Å². The average Bonchev–Trinajstić information content (AvgIpc) is 2.85. The van der Waals surface area contributed by atoms with Crippen LogP contribution in [-0.2, 0) is 0 Å². The van der Waals surface area contributed by atoms with E-state index in [0.717, 1.165) is 11.3 Å². The smallest absolute Gasteiger partial charge is 0.349 e. The Hall–Kier alpha value is -1.72. The Kier molecular flexibility index (Phi) is 4.65. The van der Waals surface area contributed by atoms with Gasteiger partial charge in [-0.2, -0.15) is 0 Å². The monoisotopic (exact) mass is 298 g/mol. The molecule has 2 aromatic rings. The van der Waals surface area contributed by atoms with Crippen molar-refractivity contribution in [2.45, 2.75) is 0 Å². The lowest BCUT2D eigenvalue weighted by Crippen LogP contribution is -2.10. The molecule has 2 rings (SSSR count). The molecule has 4 nitrogen and oxygen atoms in total. The fourth-order valence-electron chi connectivity index (χ4n) is 1.41. The Bertz CT molecular complexity index is 550. The van der Waals surface area contributed by atoms with Crippen LogP contribution in [0.3, 0.4) is 0 Å². The van der Waals surface area contributed by atoms with Gasteiger partial charge in [0.1, 0.15) is 24.7 Å². The number of thiophene rings is 1. The van der Waals surface area contributed by atoms with Gasteiger partial charge in [0.15, 0.2) is 4.88 Å². The zero-order chi connectivity index (χ0) is 13.7. The summed E-state index contributed by atoms with van der Waals surface area (Å²) in [4.78, 5) is 11.1. The van der Waals surface area contributed by atoms with Gasteiger partial charge in [-0.1, -0.05) is 11.6 Å². The standard InChI is InChI=1S/C13H11ClO4S/c14-9-1-3-10(4-2-9)17-6-7-18-11-5-8-19-12(11)13(15)16/h1-5,8H,6-7H2,(H,15,16). The van der Waals surface area contributed by atoms with Crippen molar-refractivity contribution >= 4 is 28.9 Å². The number of aromatic carboxylic acids is 1. The minimum atomic E-state index is -0.983. The van der Waals surface area contributed by atoms with E-state index in [9.17, 15) is 4.79 Å². The number of hydrogen-bond donors (Lipinski definition) is 1. The van der Waals surface area contributed by atoms with Gasteiger partial charge < -0.3 is 14.6 Å². The van der Waals surface area contributed by atoms with Crippen molar-refractivity contribution in [3.05, 3.63) is 45.6 Å². The lowest BCUT2D eigenvalue weighted by Gasteiger charge is -2.07. The molecule has 0 aliphatic rings. The van der Waals surface area contributed by atoms with Crippen molar-refractivity contribution in [2.75, 3.05) is 13.2 Å². The molecule has 1 aromatic carbocycles. The van der Waals surface area contributed by atoms with Gasteiger partial charge in [0.05, 0.1) is 0 Å². The first-order valence-electron chi connectivity index (χ1n) is 5.49. The maximum atomic E-state index is 10.9. The highest BCUT2D eigenvalue weighted by Gasteiger charge is 2.12. The lowest BCUT2D eigenvalue weighted by molar-refractivity contribution is 0.0697. The van der Waals surface area contributed by atoms with Crippen LogP contribution in [0.25, 0.3) is 0 Å². The Morgan fingerprint density at radius 2 is 1.84 bits per heavy atom. The molecule has 100 valence electrons. The highest BCUT2D eigenvalue weighted by Crippen LogP contribution is 2.24. The summed E-state index contributed by atoms with van der Waals surface area (Å²) in [6, 6.07) is 8.62. The van der Waals surface area contributed by atoms with E-state index in [1.165, 1.54) is 0 Å². The maximum Gasteiger partial charge on any atom is 0.349 e. The largest absolute Gasteiger partial charge is 0.490 e. The number of carboxylic acids is 1. The van der Waals surface area contributed by atoms with Crippen LogP contribution >= 0.6 is 22.9 Å². The Morgan fingerprint density at radius 3 is 2.53 bits per heavy atom. The molecule has 0 unspecified atom stereocenters. The second-order valence-electron chi connectivity index (χ2n) is 3.57. The first-order chi connectivity index (χ1) is 9.16. The topological polar surface area (TPSA) is 55.8 Å². The number of rotatable bonds is 6. The second-order valence-corrected chi connectivity index (χ2v) is 4.92. The van der Waals surface area contributed by atoms with E-state index in [2.05, 4.69) is 0 Å². The molecule has 0 saturated heterocycles. The van der Waals surface area contributed by atoms with Crippen LogP contribution in [0.4, 0.5) is 0 Å². The molecule has 0 aliphatic heterocycles. The van der Waals surface area contributed by atoms with Gasteiger partial charge in [-0.15, -0.1) is 11.3 Å². The Balaban J connectivity index is 1.79. The van der Waals surface area contributed by atoms with Gasteiger partial charge in [-0.3, -0.25) is 0 Å². The number of hydrogen-bond acceptors (Lipinski definition) is 4. The predicted molar refractivity (Wildman–Crippen MR) is 73.7 cm³/mol. The van der Waals surface area contributed by atoms with Crippen molar-refractivity contribution in [3.63, 3.8) is 0 Å². The van der Waals surface area contributed by atoms with E-state index in [4.69, 9.17) is 26.2 Å². The van der Waals surface area contributed by atoms with Crippen LogP contribution in [0, 0.1) is 0 Å². The van der Waals surface area contributed by atoms with Gasteiger partial charge in [-0.25, -0.2) is 4.79 Å². The summed E-state index contributed by atoms with van der Waals surface area (Å²) in [5.74, 6) is 0.0811. The fraction of sp³-hybridized carbons (Fsp3) is 0.154. The minimum Gasteiger partial charge on any atom is -0.490 e. The van der Waals surface area contributed by atoms with Crippen LogP contribution in [0.1, 0.15) is 9.67 Å². The van der Waals surface area contributed by atoms with Crippen LogP contribution in [0.5, 0.6) is 11.5 Å². The molecule has 0 saturated carbocycles. The van der Waals surface area contributed by atoms with Gasteiger partial charge in [0, 0.05) is 5.02 Å². The number of benzene rings is 1. The molecule has 6 heteroatoms. The number of carbonyl (C=O) groups is 1. The quantitative estimate of drug-likeness (QED) is 0.829. The van der Waals surface area contributed by atoms with Crippen molar-refractivity contribution in [2.24, 2.45) is 0 Å². The van der Waals surface area contributed by atoms with Crippen LogP contribution in [0.2, 0.25) is 5.02 Å². The lowest BCUT2D eigenvalue weighted by atomic mass is 10.3. The van der Waals surface area contributed by atoms with Crippen LogP contribution < -0.4 is 9.47 Å². The van der Waals surface area contributed by atoms with Crippen LogP contribution in [-0.4, -0.2) is 24.3 Å². The van der Waals surface area contributed by atoms with Crippen LogP contribution in [0.15, 0.2) is 35.7 Å². The third-order valence-corrected chi connectivity index (χ3v) is 3.38. The van der Waals surface area contributed by atoms with Gasteiger partial charge >= 0.3 is 5.97 Å². The molecular weight excluding hydrogens is 288 g/mol. The maximum absolute atomic E-state index is 10.9. The molecule has 0 amide bonds. The molecule has 0 atom stereocenters. The minimum absolute atomic E-state index is 0.200. The summed E-state index contributed by atoms with van der Waals surface area (Å²) >= 11 is 6.89. The summed E-state index contributed by atoms with van der Waals surface area (Å²) < 4.78 is 10.8. The first kappa shape index (κ1) is 13.7. The molecule has 0 bridgehead atoms. The van der Waals surface area contributed by atoms with Gasteiger partial charge in [-0.05, 0) is 35.7 Å². The molecule has 0 aliphatic carbocycles. The fourth-order valence-corrected chi connectivity index (χ4v) is 2.21. The summed E-state index contributed by atoms with van der Waals surface area (Å²) in [6.45, 7) is 0.607. The summed E-state index contributed by atoms with van der Waals surface area (Å²) in [5, 5.41) is 11.2. The number of halogens is 1. The van der Waals surface area contributed by atoms with E-state index >= 15 is 0 Å². The van der Waals surface area contributed by atoms with Crippen molar-refractivity contribution in [3.8, 4) is 11.5 Å². The van der Waals surface area contributed by atoms with Crippen molar-refractivity contribution in [1.29, 1.82) is 0 Å². The number of ether oxygens (including phenoxy) is 2. The Morgan fingerprint density at radius 1 is 1.16 bits per heavy atom. The summed E-state index contributed by atoms with van der Waals surface area (Å²) in [6.07, 6.45) is 0. The molecule has 0 radical (unpaired) electrons. The molecule has 1 N–H and O–H groups in total.